The van der Waals surface area contributed by atoms with Crippen LogP contribution >= 0.6 is 0 Å². The summed E-state index contributed by atoms with van der Waals surface area (Å²) in [5, 5.41) is 14.1. The Hall–Kier alpha value is -2.08. The minimum atomic E-state index is -0.961. The van der Waals surface area contributed by atoms with Crippen molar-refractivity contribution in [2.45, 2.75) is 32.4 Å². The van der Waals surface area contributed by atoms with E-state index in [0.29, 0.717) is 12.3 Å². The van der Waals surface area contributed by atoms with Crippen molar-refractivity contribution in [3.8, 4) is 0 Å². The average molecular weight is 280 g/mol. The van der Waals surface area contributed by atoms with Crippen LogP contribution in [0.1, 0.15) is 25.8 Å². The summed E-state index contributed by atoms with van der Waals surface area (Å²) in [5.74, 6) is -0.961. The maximum absolute atomic E-state index is 11.8. The van der Waals surface area contributed by atoms with Crippen molar-refractivity contribution in [2.24, 2.45) is 0 Å². The first-order valence-corrected chi connectivity index (χ1v) is 6.21. The van der Waals surface area contributed by atoms with Crippen LogP contribution < -0.4 is 10.6 Å². The molecule has 0 fully saturated rings. The minimum absolute atomic E-state index is 0.149. The second-order valence-corrected chi connectivity index (χ2v) is 5.17. The van der Waals surface area contributed by atoms with Crippen LogP contribution in [0.25, 0.3) is 0 Å². The summed E-state index contributed by atoms with van der Waals surface area (Å²) in [5.41, 5.74) is 0.748. The summed E-state index contributed by atoms with van der Waals surface area (Å²) >= 11 is 0. The number of hydrogen-bond acceptors (Lipinski definition) is 3. The fourth-order valence-corrected chi connectivity index (χ4v) is 1.80. The second-order valence-electron chi connectivity index (χ2n) is 5.17. The summed E-state index contributed by atoms with van der Waals surface area (Å²) in [7, 11) is 1.60. The van der Waals surface area contributed by atoms with Gasteiger partial charge in [0.1, 0.15) is 0 Å². The SMILES string of the molecule is COCc1cccc(NC(=O)NC(C)(C)CC(=O)O)c1. The molecule has 1 rings (SSSR count). The van der Waals surface area contributed by atoms with Crippen LogP contribution in [0, 0.1) is 0 Å². The van der Waals surface area contributed by atoms with Gasteiger partial charge in [-0.2, -0.15) is 0 Å². The number of nitrogens with one attached hydrogen (secondary N) is 2. The summed E-state index contributed by atoms with van der Waals surface area (Å²) in [6.07, 6.45) is -0.149. The molecule has 6 heteroatoms. The summed E-state index contributed by atoms with van der Waals surface area (Å²) < 4.78 is 5.02. The zero-order chi connectivity index (χ0) is 15.2. The Morgan fingerprint density at radius 2 is 2.05 bits per heavy atom. The van der Waals surface area contributed by atoms with E-state index in [1.807, 2.05) is 12.1 Å². The number of benzene rings is 1. The number of ether oxygens (including phenoxy) is 1. The van der Waals surface area contributed by atoms with Crippen LogP contribution in [-0.2, 0) is 16.1 Å². The van der Waals surface area contributed by atoms with Crippen molar-refractivity contribution in [2.75, 3.05) is 12.4 Å². The van der Waals surface area contributed by atoms with Gasteiger partial charge >= 0.3 is 12.0 Å². The lowest BCUT2D eigenvalue weighted by atomic mass is 10.0. The molecule has 0 atom stereocenters. The highest BCUT2D eigenvalue weighted by atomic mass is 16.5. The lowest BCUT2D eigenvalue weighted by Gasteiger charge is -2.24. The molecule has 110 valence electrons. The van der Waals surface area contributed by atoms with Crippen LogP contribution in [0.15, 0.2) is 24.3 Å². The zero-order valence-corrected chi connectivity index (χ0v) is 11.9. The molecule has 1 aromatic carbocycles. The van der Waals surface area contributed by atoms with Crippen LogP contribution in [0.4, 0.5) is 10.5 Å². The Morgan fingerprint density at radius 1 is 1.35 bits per heavy atom. The molecule has 1 aromatic rings. The van der Waals surface area contributed by atoms with Crippen molar-refractivity contribution >= 4 is 17.7 Å². The molecule has 3 N–H and O–H groups in total. The third kappa shape index (κ3) is 5.71. The summed E-state index contributed by atoms with van der Waals surface area (Å²) in [4.78, 5) is 22.5. The van der Waals surface area contributed by atoms with E-state index in [9.17, 15) is 9.59 Å². The number of amides is 2. The lowest BCUT2D eigenvalue weighted by Crippen LogP contribution is -2.46. The number of rotatable bonds is 6. The van der Waals surface area contributed by atoms with E-state index in [2.05, 4.69) is 10.6 Å². The highest BCUT2D eigenvalue weighted by molar-refractivity contribution is 5.90. The summed E-state index contributed by atoms with van der Waals surface area (Å²) in [6, 6.07) is 6.81. The first-order valence-electron chi connectivity index (χ1n) is 6.21. The molecule has 6 nitrogen and oxygen atoms in total. The predicted octanol–water partition coefficient (Wildman–Crippen LogP) is 2.21. The van der Waals surface area contributed by atoms with Gasteiger partial charge in [-0.3, -0.25) is 4.79 Å². The van der Waals surface area contributed by atoms with Gasteiger partial charge in [0.05, 0.1) is 13.0 Å². The van der Waals surface area contributed by atoms with Gasteiger partial charge in [0.2, 0.25) is 0 Å². The van der Waals surface area contributed by atoms with E-state index in [1.165, 1.54) is 0 Å². The van der Waals surface area contributed by atoms with Gasteiger partial charge in [-0.15, -0.1) is 0 Å². The van der Waals surface area contributed by atoms with Crippen molar-refractivity contribution in [1.82, 2.24) is 5.32 Å². The number of aliphatic carboxylic acids is 1. The molecule has 0 aliphatic rings. The van der Waals surface area contributed by atoms with E-state index < -0.39 is 17.5 Å². The molecule has 0 bridgehead atoms. The topological polar surface area (TPSA) is 87.7 Å². The first kappa shape index (κ1) is 16.0. The van der Waals surface area contributed by atoms with E-state index in [0.717, 1.165) is 5.56 Å². The third-order valence-corrected chi connectivity index (χ3v) is 2.54. The molecule has 0 saturated heterocycles. The van der Waals surface area contributed by atoms with E-state index in [4.69, 9.17) is 9.84 Å². The number of carbonyl (C=O) groups excluding carboxylic acids is 1. The Balaban J connectivity index is 2.62. The average Bonchev–Trinajstić information content (AvgIpc) is 2.26. The van der Waals surface area contributed by atoms with Crippen LogP contribution in [0.3, 0.4) is 0 Å². The summed E-state index contributed by atoms with van der Waals surface area (Å²) in [6.45, 7) is 3.77. The quantitative estimate of drug-likeness (QED) is 0.745. The molecular weight excluding hydrogens is 260 g/mol. The molecular formula is C14H20N2O4. The maximum atomic E-state index is 11.8. The minimum Gasteiger partial charge on any atom is -0.481 e. The van der Waals surface area contributed by atoms with Crippen molar-refractivity contribution in [1.29, 1.82) is 0 Å². The third-order valence-electron chi connectivity index (χ3n) is 2.54. The predicted molar refractivity (Wildman–Crippen MR) is 75.6 cm³/mol. The monoisotopic (exact) mass is 280 g/mol. The number of anilines is 1. The standard InChI is InChI=1S/C14H20N2O4/c1-14(2,8-12(17)18)16-13(19)15-11-6-4-5-10(7-11)9-20-3/h4-7H,8-9H2,1-3H3,(H,17,18)(H2,15,16,19). The fraction of sp³-hybridized carbons (Fsp3) is 0.429. The lowest BCUT2D eigenvalue weighted by molar-refractivity contribution is -0.138. The Kier molecular flexibility index (Phi) is 5.52. The molecule has 0 heterocycles. The second kappa shape index (κ2) is 6.91. The van der Waals surface area contributed by atoms with Crippen LogP contribution in [0.2, 0.25) is 0 Å². The number of urea groups is 1. The number of methoxy groups -OCH3 is 1. The molecule has 0 unspecified atom stereocenters. The zero-order valence-electron chi connectivity index (χ0n) is 11.9. The molecule has 0 aliphatic carbocycles. The number of carboxylic acid groups (broad SMARTS) is 1. The molecule has 20 heavy (non-hydrogen) atoms. The largest absolute Gasteiger partial charge is 0.481 e. The van der Waals surface area contributed by atoms with E-state index in [1.54, 1.807) is 33.1 Å². The first-order chi connectivity index (χ1) is 9.32. The molecule has 0 aromatic heterocycles. The number of carbonyl (C=O) groups is 2. The molecule has 0 spiro atoms. The molecule has 0 aliphatic heterocycles. The van der Waals surface area contributed by atoms with E-state index >= 15 is 0 Å². The van der Waals surface area contributed by atoms with Gasteiger partial charge in [-0.25, -0.2) is 4.79 Å². The van der Waals surface area contributed by atoms with Gasteiger partial charge in [-0.1, -0.05) is 12.1 Å². The molecule has 2 amide bonds. The highest BCUT2D eigenvalue weighted by Crippen LogP contribution is 2.13. The van der Waals surface area contributed by atoms with Gasteiger partial charge in [0.15, 0.2) is 0 Å². The Labute approximate surface area is 118 Å². The molecule has 0 saturated carbocycles. The number of hydrogen-bond donors (Lipinski definition) is 3. The van der Waals surface area contributed by atoms with E-state index in [-0.39, 0.29) is 6.42 Å². The molecule has 0 radical (unpaired) electrons. The highest BCUT2D eigenvalue weighted by Gasteiger charge is 2.23. The Bertz CT molecular complexity index is 486. The van der Waals surface area contributed by atoms with Crippen molar-refractivity contribution < 1.29 is 19.4 Å². The van der Waals surface area contributed by atoms with Crippen LogP contribution in [0.5, 0.6) is 0 Å². The smallest absolute Gasteiger partial charge is 0.319 e. The van der Waals surface area contributed by atoms with Crippen molar-refractivity contribution in [3.05, 3.63) is 29.8 Å². The fourth-order valence-electron chi connectivity index (χ4n) is 1.80. The van der Waals surface area contributed by atoms with Crippen LogP contribution in [-0.4, -0.2) is 29.8 Å². The van der Waals surface area contributed by atoms with Gasteiger partial charge < -0.3 is 20.5 Å². The van der Waals surface area contributed by atoms with Gasteiger partial charge in [0, 0.05) is 18.3 Å². The maximum Gasteiger partial charge on any atom is 0.319 e. The Morgan fingerprint density at radius 3 is 2.65 bits per heavy atom. The van der Waals surface area contributed by atoms with Crippen molar-refractivity contribution in [3.63, 3.8) is 0 Å². The van der Waals surface area contributed by atoms with Gasteiger partial charge in [0.25, 0.3) is 0 Å². The normalized spacial score (nSPS) is 10.9. The number of carboxylic acids is 1. The van der Waals surface area contributed by atoms with Gasteiger partial charge in [-0.05, 0) is 31.5 Å².